The molecule has 3 rings (SSSR count). The van der Waals surface area contributed by atoms with Gasteiger partial charge in [-0.05, 0) is 31.0 Å². The number of hydrogen-bond donors (Lipinski definition) is 0. The number of likely N-dealkylation sites (N-methyl/N-ethyl adjacent to an activating group) is 1. The van der Waals surface area contributed by atoms with Gasteiger partial charge in [-0.2, -0.15) is 0 Å². The molecule has 0 saturated carbocycles. The second-order valence-corrected chi connectivity index (χ2v) is 6.86. The van der Waals surface area contributed by atoms with Gasteiger partial charge in [0.15, 0.2) is 0 Å². The molecule has 0 radical (unpaired) electrons. The molecule has 5 nitrogen and oxygen atoms in total. The number of benzene rings is 2. The summed E-state index contributed by atoms with van der Waals surface area (Å²) in [4.78, 5) is 26.5. The number of carbonyl (C=O) groups is 2. The van der Waals surface area contributed by atoms with E-state index < -0.39 is 5.97 Å². The van der Waals surface area contributed by atoms with E-state index in [9.17, 15) is 9.59 Å². The molecule has 0 aliphatic rings. The van der Waals surface area contributed by atoms with E-state index in [0.717, 1.165) is 16.5 Å². The fourth-order valence-corrected chi connectivity index (χ4v) is 3.28. The number of aryl methyl sites for hydroxylation is 2. The van der Waals surface area contributed by atoms with E-state index in [4.69, 9.17) is 4.74 Å². The van der Waals surface area contributed by atoms with Crippen molar-refractivity contribution < 1.29 is 14.3 Å². The van der Waals surface area contributed by atoms with E-state index in [1.807, 2.05) is 28.8 Å². The first-order chi connectivity index (χ1) is 12.9. The van der Waals surface area contributed by atoms with Crippen molar-refractivity contribution in [3.63, 3.8) is 0 Å². The summed E-state index contributed by atoms with van der Waals surface area (Å²) in [6, 6.07) is 13.8. The maximum absolute atomic E-state index is 12.8. The normalized spacial score (nSPS) is 10.8. The number of aromatic nitrogens is 1. The average Bonchev–Trinajstić information content (AvgIpc) is 3.02. The summed E-state index contributed by atoms with van der Waals surface area (Å²) < 4.78 is 6.67. The van der Waals surface area contributed by atoms with Gasteiger partial charge in [0.05, 0.1) is 12.7 Å². The van der Waals surface area contributed by atoms with E-state index in [0.29, 0.717) is 12.1 Å². The molecule has 0 aliphatic heterocycles. The Morgan fingerprint density at radius 2 is 1.85 bits per heavy atom. The highest BCUT2D eigenvalue weighted by Crippen LogP contribution is 2.22. The first-order valence-corrected chi connectivity index (χ1v) is 8.87. The minimum Gasteiger partial charge on any atom is -0.465 e. The fraction of sp³-hybridized carbons (Fsp3) is 0.273. The summed E-state index contributed by atoms with van der Waals surface area (Å²) in [5.74, 6) is -0.423. The van der Waals surface area contributed by atoms with Crippen LogP contribution in [0.25, 0.3) is 10.9 Å². The molecule has 2 aromatic carbocycles. The largest absolute Gasteiger partial charge is 0.465 e. The molecule has 1 aromatic heterocycles. The topological polar surface area (TPSA) is 51.5 Å². The van der Waals surface area contributed by atoms with Crippen molar-refractivity contribution in [1.29, 1.82) is 0 Å². The Kier molecular flexibility index (Phi) is 5.31. The van der Waals surface area contributed by atoms with Gasteiger partial charge in [-0.3, -0.25) is 4.79 Å². The molecule has 0 bridgehead atoms. The molecule has 0 unspecified atom stereocenters. The highest BCUT2D eigenvalue weighted by Gasteiger charge is 2.18. The van der Waals surface area contributed by atoms with E-state index in [-0.39, 0.29) is 12.5 Å². The summed E-state index contributed by atoms with van der Waals surface area (Å²) in [6.07, 6.45) is 1.69. The van der Waals surface area contributed by atoms with Crippen LogP contribution in [0.4, 0.5) is 0 Å². The third-order valence-electron chi connectivity index (χ3n) is 4.83. The Morgan fingerprint density at radius 3 is 2.56 bits per heavy atom. The zero-order valence-corrected chi connectivity index (χ0v) is 16.2. The van der Waals surface area contributed by atoms with Gasteiger partial charge in [-0.15, -0.1) is 0 Å². The van der Waals surface area contributed by atoms with Crippen LogP contribution >= 0.6 is 0 Å². The number of carbonyl (C=O) groups excluding carboxylic acids is 2. The number of para-hydroxylation sites is 1. The van der Waals surface area contributed by atoms with E-state index in [2.05, 4.69) is 32.0 Å². The van der Waals surface area contributed by atoms with Crippen LogP contribution in [0.3, 0.4) is 0 Å². The number of hydrogen-bond acceptors (Lipinski definition) is 3. The lowest BCUT2D eigenvalue weighted by molar-refractivity contribution is -0.131. The Hall–Kier alpha value is -3.08. The molecule has 0 aliphatic carbocycles. The minimum atomic E-state index is -0.402. The van der Waals surface area contributed by atoms with Crippen LogP contribution in [-0.4, -0.2) is 35.5 Å². The third-order valence-corrected chi connectivity index (χ3v) is 4.83. The first kappa shape index (κ1) is 18.7. The Bertz CT molecular complexity index is 1000. The zero-order valence-electron chi connectivity index (χ0n) is 16.2. The molecule has 0 fully saturated rings. The summed E-state index contributed by atoms with van der Waals surface area (Å²) in [5, 5.41) is 0.786. The summed E-state index contributed by atoms with van der Waals surface area (Å²) >= 11 is 0. The predicted octanol–water partition coefficient (Wildman–Crippen LogP) is 3.70. The Balaban J connectivity index is 1.82. The highest BCUT2D eigenvalue weighted by atomic mass is 16.5. The molecule has 5 heteroatoms. The van der Waals surface area contributed by atoms with Crippen LogP contribution in [0.1, 0.15) is 27.0 Å². The molecule has 3 aromatic rings. The summed E-state index contributed by atoms with van der Waals surface area (Å²) in [7, 11) is 3.16. The smallest absolute Gasteiger partial charge is 0.340 e. The molecule has 0 N–H and O–H groups in total. The number of esters is 1. The molecule has 1 amide bonds. The SMILES string of the molecule is COC(=O)c1cn(CC(=O)N(C)Cc2ccc(C)cc2C)c2ccccc12. The van der Waals surface area contributed by atoms with Crippen LogP contribution in [0, 0.1) is 13.8 Å². The number of ether oxygens (including phenoxy) is 1. The first-order valence-electron chi connectivity index (χ1n) is 8.87. The second kappa shape index (κ2) is 7.66. The molecule has 0 saturated heterocycles. The van der Waals surface area contributed by atoms with E-state index in [1.165, 1.54) is 18.2 Å². The van der Waals surface area contributed by atoms with Gasteiger partial charge in [0.25, 0.3) is 0 Å². The molecule has 0 spiro atoms. The van der Waals surface area contributed by atoms with Gasteiger partial charge in [-0.1, -0.05) is 42.0 Å². The van der Waals surface area contributed by atoms with Gasteiger partial charge in [-0.25, -0.2) is 4.79 Å². The standard InChI is InChI=1S/C22H24N2O3/c1-15-9-10-17(16(2)11-15)12-23(3)21(25)14-24-13-19(22(26)27-4)18-7-5-6-8-20(18)24/h5-11,13H,12,14H2,1-4H3. The molecule has 27 heavy (non-hydrogen) atoms. The van der Waals surface area contributed by atoms with Crippen LogP contribution in [0.5, 0.6) is 0 Å². The van der Waals surface area contributed by atoms with Crippen LogP contribution in [-0.2, 0) is 22.6 Å². The number of nitrogens with zero attached hydrogens (tertiary/aromatic N) is 2. The van der Waals surface area contributed by atoms with Crippen molar-refractivity contribution in [1.82, 2.24) is 9.47 Å². The molecule has 1 heterocycles. The van der Waals surface area contributed by atoms with Crippen molar-refractivity contribution in [3.05, 3.63) is 70.9 Å². The maximum atomic E-state index is 12.8. The zero-order chi connectivity index (χ0) is 19.6. The maximum Gasteiger partial charge on any atom is 0.340 e. The van der Waals surface area contributed by atoms with Crippen molar-refractivity contribution in [2.24, 2.45) is 0 Å². The van der Waals surface area contributed by atoms with E-state index >= 15 is 0 Å². The van der Waals surface area contributed by atoms with Gasteiger partial charge >= 0.3 is 5.97 Å². The van der Waals surface area contributed by atoms with Crippen molar-refractivity contribution in [2.45, 2.75) is 26.9 Å². The third kappa shape index (κ3) is 3.87. The van der Waals surface area contributed by atoms with E-state index in [1.54, 1.807) is 18.1 Å². The van der Waals surface area contributed by atoms with Crippen molar-refractivity contribution in [3.8, 4) is 0 Å². The molecule has 140 valence electrons. The lowest BCUT2D eigenvalue weighted by atomic mass is 10.1. The number of amides is 1. The number of rotatable bonds is 5. The van der Waals surface area contributed by atoms with Crippen molar-refractivity contribution in [2.75, 3.05) is 14.2 Å². The lowest BCUT2D eigenvalue weighted by Crippen LogP contribution is -2.29. The lowest BCUT2D eigenvalue weighted by Gasteiger charge is -2.19. The van der Waals surface area contributed by atoms with Crippen LogP contribution in [0.2, 0.25) is 0 Å². The van der Waals surface area contributed by atoms with Gasteiger partial charge in [0, 0.05) is 30.7 Å². The monoisotopic (exact) mass is 364 g/mol. The Labute approximate surface area is 159 Å². The predicted molar refractivity (Wildman–Crippen MR) is 106 cm³/mol. The fourth-order valence-electron chi connectivity index (χ4n) is 3.28. The summed E-state index contributed by atoms with van der Waals surface area (Å²) in [6.45, 7) is 4.83. The van der Waals surface area contributed by atoms with Crippen LogP contribution in [0.15, 0.2) is 48.7 Å². The van der Waals surface area contributed by atoms with Crippen molar-refractivity contribution >= 4 is 22.8 Å². The van der Waals surface area contributed by atoms with Gasteiger partial charge in [0.1, 0.15) is 6.54 Å². The van der Waals surface area contributed by atoms with Gasteiger partial charge < -0.3 is 14.2 Å². The molecular formula is C22H24N2O3. The van der Waals surface area contributed by atoms with Crippen LogP contribution < -0.4 is 0 Å². The van der Waals surface area contributed by atoms with Gasteiger partial charge in [0.2, 0.25) is 5.91 Å². The Morgan fingerprint density at radius 1 is 1.11 bits per heavy atom. The summed E-state index contributed by atoms with van der Waals surface area (Å²) in [5.41, 5.74) is 4.82. The molecular weight excluding hydrogens is 340 g/mol. The quantitative estimate of drug-likeness (QED) is 0.649. The highest BCUT2D eigenvalue weighted by molar-refractivity contribution is 6.04. The second-order valence-electron chi connectivity index (χ2n) is 6.86. The number of methoxy groups -OCH3 is 1. The molecule has 0 atom stereocenters. The average molecular weight is 364 g/mol. The minimum absolute atomic E-state index is 0.0212. The number of fused-ring (bicyclic) bond motifs is 1.